The van der Waals surface area contributed by atoms with Gasteiger partial charge in [-0.1, -0.05) is 0 Å². The van der Waals surface area contributed by atoms with E-state index in [1.807, 2.05) is 0 Å². The second-order valence-electron chi connectivity index (χ2n) is 4.51. The quantitative estimate of drug-likeness (QED) is 0.776. The zero-order valence-electron chi connectivity index (χ0n) is 11.2. The minimum atomic E-state index is -0.561. The van der Waals surface area contributed by atoms with Gasteiger partial charge in [-0.3, -0.25) is 4.79 Å². The highest BCUT2D eigenvalue weighted by Crippen LogP contribution is 2.18. The molecule has 2 heterocycles. The summed E-state index contributed by atoms with van der Waals surface area (Å²) in [5, 5.41) is 8.41. The third-order valence-corrected chi connectivity index (χ3v) is 4.11. The molecule has 0 bridgehead atoms. The molecule has 0 aromatic carbocycles. The predicted octanol–water partition coefficient (Wildman–Crippen LogP) is 0.738. The molecule has 0 spiro atoms. The zero-order valence-corrected chi connectivity index (χ0v) is 12.0. The lowest BCUT2D eigenvalue weighted by Crippen LogP contribution is -2.34. The monoisotopic (exact) mass is 284 g/mol. The van der Waals surface area contributed by atoms with Crippen molar-refractivity contribution < 1.29 is 9.53 Å². The van der Waals surface area contributed by atoms with Crippen LogP contribution in [0.3, 0.4) is 0 Å². The van der Waals surface area contributed by atoms with E-state index in [0.717, 1.165) is 30.4 Å². The van der Waals surface area contributed by atoms with Crippen molar-refractivity contribution in [1.82, 2.24) is 14.8 Å². The van der Waals surface area contributed by atoms with Gasteiger partial charge in [0.2, 0.25) is 0 Å². The third kappa shape index (κ3) is 3.70. The largest absolute Gasteiger partial charge is 0.465 e. The molecule has 0 amide bonds. The van der Waals surface area contributed by atoms with Crippen LogP contribution in [0, 0.1) is 0 Å². The molecular weight excluding hydrogens is 264 g/mol. The molecule has 1 aliphatic rings. The molecule has 1 aliphatic heterocycles. The highest BCUT2D eigenvalue weighted by molar-refractivity contribution is 7.98. The molecule has 7 heteroatoms. The molecule has 0 aliphatic carbocycles. The SMILES string of the molecule is CCOC(=O)C(N)CSCc1nnc2n1CCCC2. The van der Waals surface area contributed by atoms with E-state index in [-0.39, 0.29) is 5.97 Å². The van der Waals surface area contributed by atoms with Gasteiger partial charge in [0, 0.05) is 18.7 Å². The van der Waals surface area contributed by atoms with E-state index in [4.69, 9.17) is 10.5 Å². The number of carbonyl (C=O) groups is 1. The van der Waals surface area contributed by atoms with Crippen LogP contribution >= 0.6 is 11.8 Å². The maximum atomic E-state index is 11.4. The molecule has 0 saturated carbocycles. The van der Waals surface area contributed by atoms with Crippen LogP contribution in [0.2, 0.25) is 0 Å². The summed E-state index contributed by atoms with van der Waals surface area (Å²) in [5.74, 6) is 3.01. The summed E-state index contributed by atoms with van der Waals surface area (Å²) in [7, 11) is 0. The van der Waals surface area contributed by atoms with Gasteiger partial charge in [-0.05, 0) is 19.8 Å². The van der Waals surface area contributed by atoms with E-state index < -0.39 is 6.04 Å². The van der Waals surface area contributed by atoms with E-state index in [0.29, 0.717) is 12.4 Å². The normalized spacial score (nSPS) is 15.9. The maximum absolute atomic E-state index is 11.4. The Morgan fingerprint density at radius 3 is 3.16 bits per heavy atom. The number of aryl methyl sites for hydroxylation is 1. The number of fused-ring (bicyclic) bond motifs is 1. The molecule has 0 fully saturated rings. The molecule has 1 atom stereocenters. The molecule has 1 unspecified atom stereocenters. The predicted molar refractivity (Wildman–Crippen MR) is 73.7 cm³/mol. The van der Waals surface area contributed by atoms with Gasteiger partial charge in [0.15, 0.2) is 0 Å². The molecule has 1 aromatic rings. The Balaban J connectivity index is 1.80. The van der Waals surface area contributed by atoms with E-state index in [1.165, 1.54) is 12.8 Å². The van der Waals surface area contributed by atoms with E-state index >= 15 is 0 Å². The average molecular weight is 284 g/mol. The summed E-state index contributed by atoms with van der Waals surface area (Å²) in [6, 6.07) is -0.561. The summed E-state index contributed by atoms with van der Waals surface area (Å²) < 4.78 is 7.06. The van der Waals surface area contributed by atoms with Crippen molar-refractivity contribution in [3.8, 4) is 0 Å². The Kier molecular flexibility index (Phi) is 5.21. The summed E-state index contributed by atoms with van der Waals surface area (Å²) >= 11 is 1.60. The number of carbonyl (C=O) groups excluding carboxylic acids is 1. The molecule has 6 nitrogen and oxygen atoms in total. The van der Waals surface area contributed by atoms with Gasteiger partial charge in [-0.15, -0.1) is 10.2 Å². The van der Waals surface area contributed by atoms with Gasteiger partial charge < -0.3 is 15.0 Å². The second-order valence-corrected chi connectivity index (χ2v) is 5.55. The van der Waals surface area contributed by atoms with Gasteiger partial charge in [0.1, 0.15) is 17.7 Å². The van der Waals surface area contributed by atoms with Crippen molar-refractivity contribution in [3.05, 3.63) is 11.6 Å². The Bertz CT molecular complexity index is 435. The number of ether oxygens (including phenoxy) is 1. The van der Waals surface area contributed by atoms with Crippen molar-refractivity contribution >= 4 is 17.7 Å². The van der Waals surface area contributed by atoms with Crippen LogP contribution in [0.15, 0.2) is 0 Å². The number of hydrogen-bond acceptors (Lipinski definition) is 6. The van der Waals surface area contributed by atoms with Crippen molar-refractivity contribution in [2.45, 2.75) is 44.5 Å². The maximum Gasteiger partial charge on any atom is 0.323 e. The lowest BCUT2D eigenvalue weighted by Gasteiger charge is -2.15. The summed E-state index contributed by atoms with van der Waals surface area (Å²) in [5.41, 5.74) is 5.74. The van der Waals surface area contributed by atoms with E-state index in [1.54, 1.807) is 18.7 Å². The first-order chi connectivity index (χ1) is 9.22. The molecule has 19 heavy (non-hydrogen) atoms. The fourth-order valence-corrected chi connectivity index (χ4v) is 2.97. The molecule has 0 radical (unpaired) electrons. The lowest BCUT2D eigenvalue weighted by molar-refractivity contribution is -0.144. The summed E-state index contributed by atoms with van der Waals surface area (Å²) in [6.45, 7) is 3.15. The Labute approximate surface area is 117 Å². The Morgan fingerprint density at radius 2 is 2.37 bits per heavy atom. The van der Waals surface area contributed by atoms with E-state index in [9.17, 15) is 4.79 Å². The number of nitrogens with two attached hydrogens (primary N) is 1. The van der Waals surface area contributed by atoms with Gasteiger partial charge >= 0.3 is 5.97 Å². The molecule has 2 N–H and O–H groups in total. The number of nitrogens with zero attached hydrogens (tertiary/aromatic N) is 3. The second kappa shape index (κ2) is 6.91. The number of aromatic nitrogens is 3. The summed E-state index contributed by atoms with van der Waals surface area (Å²) in [6.07, 6.45) is 3.39. The van der Waals surface area contributed by atoms with Crippen LogP contribution in [0.5, 0.6) is 0 Å². The fourth-order valence-electron chi connectivity index (χ4n) is 2.07. The topological polar surface area (TPSA) is 83.0 Å². The van der Waals surface area contributed by atoms with Crippen LogP contribution in [-0.4, -0.2) is 39.1 Å². The van der Waals surface area contributed by atoms with Crippen LogP contribution in [-0.2, 0) is 28.2 Å². The number of hydrogen-bond donors (Lipinski definition) is 1. The van der Waals surface area contributed by atoms with Crippen molar-refractivity contribution in [2.75, 3.05) is 12.4 Å². The first kappa shape index (κ1) is 14.3. The van der Waals surface area contributed by atoms with Crippen molar-refractivity contribution in [2.24, 2.45) is 5.73 Å². The Morgan fingerprint density at radius 1 is 1.53 bits per heavy atom. The van der Waals surface area contributed by atoms with Crippen molar-refractivity contribution in [3.63, 3.8) is 0 Å². The van der Waals surface area contributed by atoms with Crippen LogP contribution in [0.1, 0.15) is 31.4 Å². The molecular formula is C12H20N4O2S. The van der Waals surface area contributed by atoms with Crippen LogP contribution in [0.4, 0.5) is 0 Å². The smallest absolute Gasteiger partial charge is 0.323 e. The number of thioether (sulfide) groups is 1. The standard InChI is InChI=1S/C12H20N4O2S/c1-2-18-12(17)9(13)7-19-8-11-15-14-10-5-3-4-6-16(10)11/h9H,2-8,13H2,1H3. The van der Waals surface area contributed by atoms with Crippen LogP contribution in [0.25, 0.3) is 0 Å². The van der Waals surface area contributed by atoms with Crippen LogP contribution < -0.4 is 5.73 Å². The van der Waals surface area contributed by atoms with Gasteiger partial charge in [-0.25, -0.2) is 0 Å². The third-order valence-electron chi connectivity index (χ3n) is 3.05. The Hall–Kier alpha value is -1.08. The highest BCUT2D eigenvalue weighted by Gasteiger charge is 2.17. The molecule has 0 saturated heterocycles. The summed E-state index contributed by atoms with van der Waals surface area (Å²) in [4.78, 5) is 11.4. The minimum absolute atomic E-state index is 0.335. The lowest BCUT2D eigenvalue weighted by atomic mass is 10.2. The number of rotatable bonds is 6. The number of esters is 1. The van der Waals surface area contributed by atoms with Gasteiger partial charge in [-0.2, -0.15) is 11.8 Å². The van der Waals surface area contributed by atoms with Crippen molar-refractivity contribution in [1.29, 1.82) is 0 Å². The van der Waals surface area contributed by atoms with E-state index in [2.05, 4.69) is 14.8 Å². The zero-order chi connectivity index (χ0) is 13.7. The average Bonchev–Trinajstić information content (AvgIpc) is 2.82. The molecule has 2 rings (SSSR count). The first-order valence-corrected chi connectivity index (χ1v) is 7.78. The van der Waals surface area contributed by atoms with Gasteiger partial charge in [0.25, 0.3) is 0 Å². The van der Waals surface area contributed by atoms with Gasteiger partial charge in [0.05, 0.1) is 12.4 Å². The molecule has 106 valence electrons. The first-order valence-electron chi connectivity index (χ1n) is 6.63. The highest BCUT2D eigenvalue weighted by atomic mass is 32.2. The molecule has 1 aromatic heterocycles. The fraction of sp³-hybridized carbons (Fsp3) is 0.750. The minimum Gasteiger partial charge on any atom is -0.465 e.